The summed E-state index contributed by atoms with van der Waals surface area (Å²) in [5, 5.41) is 5.11. The van der Waals surface area contributed by atoms with E-state index in [0.717, 1.165) is 11.8 Å². The lowest BCUT2D eigenvalue weighted by atomic mass is 10.1. The van der Waals surface area contributed by atoms with Crippen molar-refractivity contribution < 1.29 is 0 Å². The number of benzene rings is 2. The third kappa shape index (κ3) is 1.32. The Balaban J connectivity index is 2.56. The van der Waals surface area contributed by atoms with Gasteiger partial charge in [-0.3, -0.25) is 0 Å². The van der Waals surface area contributed by atoms with Crippen molar-refractivity contribution in [2.24, 2.45) is 0 Å². The second-order valence-corrected chi connectivity index (χ2v) is 4.75. The monoisotopic (exact) mass is 223 g/mol. The number of hydrogen-bond donors (Lipinski definition) is 0. The Kier molecular flexibility index (Phi) is 2.22. The maximum Gasteiger partial charge on any atom is 0.0499 e. The Bertz CT molecular complexity index is 715. The van der Waals surface area contributed by atoms with Gasteiger partial charge in [0.2, 0.25) is 0 Å². The Labute approximate surface area is 101 Å². The summed E-state index contributed by atoms with van der Waals surface area (Å²) in [5.41, 5.74) is 1.32. The topological polar surface area (TPSA) is 4.93 Å². The first-order valence-corrected chi connectivity index (χ1v) is 6.24. The molecule has 0 spiro atoms. The van der Waals surface area contributed by atoms with Crippen molar-refractivity contribution in [2.45, 2.75) is 26.3 Å². The maximum absolute atomic E-state index is 4.27. The summed E-state index contributed by atoms with van der Waals surface area (Å²) in [6.45, 7) is 8.75. The van der Waals surface area contributed by atoms with Crippen LogP contribution in [0.5, 0.6) is 0 Å². The minimum atomic E-state index is 0.500. The van der Waals surface area contributed by atoms with Crippen molar-refractivity contribution in [2.75, 3.05) is 0 Å². The molecule has 1 atom stereocenters. The summed E-state index contributed by atoms with van der Waals surface area (Å²) >= 11 is 0. The van der Waals surface area contributed by atoms with Gasteiger partial charge in [0, 0.05) is 27.7 Å². The van der Waals surface area contributed by atoms with Crippen molar-refractivity contribution >= 4 is 28.3 Å². The van der Waals surface area contributed by atoms with Gasteiger partial charge in [-0.25, -0.2) is 0 Å². The molecule has 0 aliphatic carbocycles. The molecule has 1 nitrogen and oxygen atoms in total. The van der Waals surface area contributed by atoms with Crippen molar-refractivity contribution in [1.82, 2.24) is 4.57 Å². The summed E-state index contributed by atoms with van der Waals surface area (Å²) in [5.74, 6) is 0. The molecule has 17 heavy (non-hydrogen) atoms. The standard InChI is InChI=1S/C16H17N/c1-4-11(2)17-12(3)14-9-5-7-13-8-6-10-15(17)16(13)14/h5-11H,3-4H2,1-2H3. The molecule has 1 aromatic heterocycles. The second-order valence-electron chi connectivity index (χ2n) is 4.75. The van der Waals surface area contributed by atoms with E-state index >= 15 is 0 Å². The lowest BCUT2D eigenvalue weighted by molar-refractivity contribution is 0.539. The summed E-state index contributed by atoms with van der Waals surface area (Å²) < 4.78 is 2.37. The van der Waals surface area contributed by atoms with Crippen LogP contribution in [0.3, 0.4) is 0 Å². The van der Waals surface area contributed by atoms with E-state index in [-0.39, 0.29) is 0 Å². The molecule has 1 heterocycles. The highest BCUT2D eigenvalue weighted by Crippen LogP contribution is 2.27. The van der Waals surface area contributed by atoms with Crippen LogP contribution in [0.1, 0.15) is 26.3 Å². The number of nitrogens with zero attached hydrogens (tertiary/aromatic N) is 1. The highest BCUT2D eigenvalue weighted by atomic mass is 15.0. The van der Waals surface area contributed by atoms with E-state index in [0.29, 0.717) is 6.04 Å². The van der Waals surface area contributed by atoms with Gasteiger partial charge in [0.05, 0.1) is 0 Å². The molecule has 0 aliphatic rings. The van der Waals surface area contributed by atoms with E-state index < -0.39 is 0 Å². The van der Waals surface area contributed by atoms with Crippen LogP contribution < -0.4 is 5.35 Å². The minimum Gasteiger partial charge on any atom is -0.338 e. The predicted molar refractivity (Wildman–Crippen MR) is 75.2 cm³/mol. The highest BCUT2D eigenvalue weighted by molar-refractivity contribution is 6.09. The zero-order valence-corrected chi connectivity index (χ0v) is 10.4. The molecule has 1 heteroatoms. The first-order valence-electron chi connectivity index (χ1n) is 6.24. The SMILES string of the molecule is C=c1c2cccc3cccc(c32)n1C(C)CC. The van der Waals surface area contributed by atoms with Crippen LogP contribution in [0.2, 0.25) is 0 Å². The summed E-state index contributed by atoms with van der Waals surface area (Å²) in [7, 11) is 0. The number of hydrogen-bond acceptors (Lipinski definition) is 0. The van der Waals surface area contributed by atoms with E-state index in [1.807, 2.05) is 0 Å². The van der Waals surface area contributed by atoms with Gasteiger partial charge in [-0.2, -0.15) is 0 Å². The van der Waals surface area contributed by atoms with Crippen LogP contribution in [0.15, 0.2) is 36.4 Å². The first kappa shape index (κ1) is 10.4. The fraction of sp³-hybridized carbons (Fsp3) is 0.250. The van der Waals surface area contributed by atoms with E-state index in [1.165, 1.54) is 21.7 Å². The van der Waals surface area contributed by atoms with E-state index in [2.05, 4.69) is 61.4 Å². The summed E-state index contributed by atoms with van der Waals surface area (Å²) in [6, 6.07) is 13.5. The van der Waals surface area contributed by atoms with Gasteiger partial charge in [0.15, 0.2) is 0 Å². The molecule has 0 saturated carbocycles. The molecule has 0 fully saturated rings. The van der Waals surface area contributed by atoms with Gasteiger partial charge in [0.1, 0.15) is 0 Å². The largest absolute Gasteiger partial charge is 0.338 e. The lowest BCUT2D eigenvalue weighted by Crippen LogP contribution is -2.18. The smallest absolute Gasteiger partial charge is 0.0499 e. The second kappa shape index (κ2) is 3.63. The average Bonchev–Trinajstić information content (AvgIpc) is 2.65. The van der Waals surface area contributed by atoms with Crippen LogP contribution in [-0.4, -0.2) is 4.57 Å². The first-order chi connectivity index (χ1) is 8.24. The zero-order valence-electron chi connectivity index (χ0n) is 10.4. The Morgan fingerprint density at radius 1 is 1.18 bits per heavy atom. The quantitative estimate of drug-likeness (QED) is 0.621. The fourth-order valence-electron chi connectivity index (χ4n) is 2.72. The molecule has 0 radical (unpaired) electrons. The molecule has 1 unspecified atom stereocenters. The molecule has 0 bridgehead atoms. The van der Waals surface area contributed by atoms with Crippen LogP contribution in [0.4, 0.5) is 0 Å². The molecule has 0 N–H and O–H groups in total. The van der Waals surface area contributed by atoms with E-state index in [1.54, 1.807) is 0 Å². The molecular formula is C16H17N. The Morgan fingerprint density at radius 3 is 2.59 bits per heavy atom. The zero-order chi connectivity index (χ0) is 12.0. The molecule has 86 valence electrons. The van der Waals surface area contributed by atoms with Gasteiger partial charge in [-0.05, 0) is 24.8 Å². The third-order valence-corrected chi connectivity index (χ3v) is 3.78. The van der Waals surface area contributed by atoms with Crippen LogP contribution >= 0.6 is 0 Å². The third-order valence-electron chi connectivity index (χ3n) is 3.78. The minimum absolute atomic E-state index is 0.500. The van der Waals surface area contributed by atoms with E-state index in [4.69, 9.17) is 0 Å². The molecule has 3 aromatic rings. The normalized spacial score (nSPS) is 13.5. The predicted octanol–water partition coefficient (Wildman–Crippen LogP) is 3.89. The summed E-state index contributed by atoms with van der Waals surface area (Å²) in [6.07, 6.45) is 1.13. The Morgan fingerprint density at radius 2 is 1.88 bits per heavy atom. The van der Waals surface area contributed by atoms with Crippen molar-refractivity contribution in [3.05, 3.63) is 41.7 Å². The molecule has 0 amide bonds. The number of aromatic nitrogens is 1. The molecule has 0 saturated heterocycles. The molecule has 2 aromatic carbocycles. The molecular weight excluding hydrogens is 206 g/mol. The van der Waals surface area contributed by atoms with Crippen molar-refractivity contribution in [3.8, 4) is 0 Å². The van der Waals surface area contributed by atoms with Crippen LogP contribution in [0.25, 0.3) is 28.3 Å². The van der Waals surface area contributed by atoms with Gasteiger partial charge in [-0.1, -0.05) is 43.8 Å². The lowest BCUT2D eigenvalue weighted by Gasteiger charge is -2.13. The number of rotatable bonds is 2. The maximum atomic E-state index is 4.27. The highest BCUT2D eigenvalue weighted by Gasteiger charge is 2.12. The average molecular weight is 223 g/mol. The van der Waals surface area contributed by atoms with Gasteiger partial charge >= 0.3 is 0 Å². The van der Waals surface area contributed by atoms with Crippen molar-refractivity contribution in [1.29, 1.82) is 0 Å². The van der Waals surface area contributed by atoms with Crippen LogP contribution in [-0.2, 0) is 0 Å². The fourth-order valence-corrected chi connectivity index (χ4v) is 2.72. The van der Waals surface area contributed by atoms with Crippen LogP contribution in [0, 0.1) is 0 Å². The Hall–Kier alpha value is -1.76. The van der Waals surface area contributed by atoms with E-state index in [9.17, 15) is 0 Å². The molecule has 3 rings (SSSR count). The molecule has 0 aliphatic heterocycles. The van der Waals surface area contributed by atoms with Crippen molar-refractivity contribution in [3.63, 3.8) is 0 Å². The van der Waals surface area contributed by atoms with Gasteiger partial charge in [-0.15, -0.1) is 0 Å². The summed E-state index contributed by atoms with van der Waals surface area (Å²) in [4.78, 5) is 0. The van der Waals surface area contributed by atoms with Gasteiger partial charge in [0.25, 0.3) is 0 Å². The van der Waals surface area contributed by atoms with Gasteiger partial charge < -0.3 is 4.57 Å².